The summed E-state index contributed by atoms with van der Waals surface area (Å²) >= 11 is 0. The maximum Gasteiger partial charge on any atom is 0.314 e. The fraction of sp³-hybridized carbons (Fsp3) is 0.500. The molecule has 0 saturated carbocycles. The first-order valence-electron chi connectivity index (χ1n) is 8.42. The van der Waals surface area contributed by atoms with Gasteiger partial charge in [0.05, 0.1) is 12.8 Å². The summed E-state index contributed by atoms with van der Waals surface area (Å²) in [6.45, 7) is 5.31. The molecule has 1 heterocycles. The van der Waals surface area contributed by atoms with E-state index < -0.39 is 11.8 Å². The molecule has 1 aliphatic heterocycles. The molecule has 0 unspecified atom stereocenters. The maximum absolute atomic E-state index is 12.6. The predicted octanol–water partition coefficient (Wildman–Crippen LogP) is 2.38. The van der Waals surface area contributed by atoms with Gasteiger partial charge in [0, 0.05) is 24.7 Å². The number of nitrogens with zero attached hydrogens (tertiary/aromatic N) is 1. The van der Waals surface area contributed by atoms with Gasteiger partial charge in [-0.2, -0.15) is 0 Å². The Bertz CT molecular complexity index is 664. The zero-order valence-electron chi connectivity index (χ0n) is 15.1. The summed E-state index contributed by atoms with van der Waals surface area (Å²) in [5.74, 6) is -1.07. The van der Waals surface area contributed by atoms with Gasteiger partial charge >= 0.3 is 11.8 Å². The van der Waals surface area contributed by atoms with Crippen molar-refractivity contribution in [3.05, 3.63) is 18.2 Å². The molecule has 2 rings (SSSR count). The number of benzene rings is 1. The molecule has 0 aromatic heterocycles. The summed E-state index contributed by atoms with van der Waals surface area (Å²) in [5.41, 5.74) is 0.847. The second-order valence-electron chi connectivity index (χ2n) is 6.39. The maximum atomic E-state index is 12.6. The van der Waals surface area contributed by atoms with Crippen LogP contribution < -0.4 is 15.4 Å². The Morgan fingerprint density at radius 2 is 1.76 bits per heavy atom. The van der Waals surface area contributed by atoms with Gasteiger partial charge in [0.15, 0.2) is 0 Å². The number of anilines is 2. The first kappa shape index (κ1) is 18.8. The number of carbonyl (C=O) groups excluding carboxylic acids is 3. The number of amides is 3. The van der Waals surface area contributed by atoms with E-state index in [1.54, 1.807) is 23.1 Å². The summed E-state index contributed by atoms with van der Waals surface area (Å²) in [7, 11) is 1.47. The van der Waals surface area contributed by atoms with E-state index >= 15 is 0 Å². The van der Waals surface area contributed by atoms with Gasteiger partial charge in [-0.15, -0.1) is 0 Å². The number of ether oxygens (including phenoxy) is 1. The van der Waals surface area contributed by atoms with E-state index in [4.69, 9.17) is 4.74 Å². The van der Waals surface area contributed by atoms with Crippen LogP contribution in [0, 0.1) is 0 Å². The molecule has 1 aromatic carbocycles. The second kappa shape index (κ2) is 8.00. The van der Waals surface area contributed by atoms with Crippen molar-refractivity contribution < 1.29 is 19.1 Å². The fourth-order valence-electron chi connectivity index (χ4n) is 3.20. The number of hydrogen-bond acceptors (Lipinski definition) is 4. The molecular weight excluding hydrogens is 322 g/mol. The van der Waals surface area contributed by atoms with Crippen molar-refractivity contribution in [3.8, 4) is 5.75 Å². The molecule has 25 heavy (non-hydrogen) atoms. The highest BCUT2D eigenvalue weighted by atomic mass is 16.5. The van der Waals surface area contributed by atoms with Gasteiger partial charge in [-0.1, -0.05) is 0 Å². The third kappa shape index (κ3) is 4.49. The molecular formula is C18H25N3O4. The molecule has 1 aliphatic rings. The number of rotatable bonds is 3. The van der Waals surface area contributed by atoms with E-state index in [0.717, 1.165) is 19.3 Å². The van der Waals surface area contributed by atoms with Crippen LogP contribution >= 0.6 is 0 Å². The minimum atomic E-state index is -0.709. The van der Waals surface area contributed by atoms with E-state index in [0.29, 0.717) is 17.1 Å². The molecule has 2 N–H and O–H groups in total. The van der Waals surface area contributed by atoms with E-state index in [9.17, 15) is 14.4 Å². The molecule has 2 atom stereocenters. The Morgan fingerprint density at radius 1 is 1.12 bits per heavy atom. The Labute approximate surface area is 147 Å². The Kier molecular flexibility index (Phi) is 6.01. The van der Waals surface area contributed by atoms with E-state index in [1.807, 2.05) is 13.8 Å². The molecule has 1 saturated heterocycles. The van der Waals surface area contributed by atoms with Crippen molar-refractivity contribution in [1.29, 1.82) is 0 Å². The van der Waals surface area contributed by atoms with Crippen LogP contribution in [0.3, 0.4) is 0 Å². The second-order valence-corrected chi connectivity index (χ2v) is 6.39. The van der Waals surface area contributed by atoms with Gasteiger partial charge in [0.25, 0.3) is 0 Å². The van der Waals surface area contributed by atoms with Crippen LogP contribution in [-0.2, 0) is 14.4 Å². The number of piperidine rings is 1. The van der Waals surface area contributed by atoms with Crippen molar-refractivity contribution in [2.45, 2.75) is 52.1 Å². The van der Waals surface area contributed by atoms with Gasteiger partial charge < -0.3 is 20.3 Å². The smallest absolute Gasteiger partial charge is 0.314 e. The SMILES string of the molecule is COc1ccc(NC(C)=O)cc1NC(=O)C(=O)N1[C@H](C)CCC[C@@H]1C. The van der Waals surface area contributed by atoms with E-state index in [1.165, 1.54) is 14.0 Å². The van der Waals surface area contributed by atoms with E-state index in [-0.39, 0.29) is 18.0 Å². The third-order valence-electron chi connectivity index (χ3n) is 4.39. The van der Waals surface area contributed by atoms with Crippen LogP contribution in [0.25, 0.3) is 0 Å². The molecule has 1 fully saturated rings. The van der Waals surface area contributed by atoms with Crippen LogP contribution in [0.2, 0.25) is 0 Å². The van der Waals surface area contributed by atoms with Crippen molar-refractivity contribution >= 4 is 29.1 Å². The van der Waals surface area contributed by atoms with Gasteiger partial charge in [-0.05, 0) is 51.3 Å². The van der Waals surface area contributed by atoms with Crippen LogP contribution in [0.5, 0.6) is 5.75 Å². The molecule has 1 aromatic rings. The molecule has 0 bridgehead atoms. The quantitative estimate of drug-likeness (QED) is 0.822. The lowest BCUT2D eigenvalue weighted by atomic mass is 9.97. The van der Waals surface area contributed by atoms with Crippen molar-refractivity contribution in [2.24, 2.45) is 0 Å². The normalized spacial score (nSPS) is 19.9. The monoisotopic (exact) mass is 347 g/mol. The average Bonchev–Trinajstić information content (AvgIpc) is 2.54. The topological polar surface area (TPSA) is 87.7 Å². The standard InChI is InChI=1S/C18H25N3O4/c1-11-6-5-7-12(2)21(11)18(24)17(23)20-15-10-14(19-13(3)22)8-9-16(15)25-4/h8-12H,5-7H2,1-4H3,(H,19,22)(H,20,23)/t11-,12+. The van der Waals surface area contributed by atoms with Crippen molar-refractivity contribution in [3.63, 3.8) is 0 Å². The molecule has 0 aliphatic carbocycles. The van der Waals surface area contributed by atoms with Gasteiger partial charge in [-0.3, -0.25) is 14.4 Å². The molecule has 3 amide bonds. The molecule has 136 valence electrons. The lowest BCUT2D eigenvalue weighted by Gasteiger charge is -2.38. The zero-order valence-corrected chi connectivity index (χ0v) is 15.1. The summed E-state index contributed by atoms with van der Waals surface area (Å²) in [5, 5.41) is 5.24. The Hall–Kier alpha value is -2.57. The van der Waals surface area contributed by atoms with Crippen LogP contribution in [0.1, 0.15) is 40.0 Å². The number of methoxy groups -OCH3 is 1. The zero-order chi connectivity index (χ0) is 18.6. The molecule has 7 nitrogen and oxygen atoms in total. The molecule has 0 spiro atoms. The number of likely N-dealkylation sites (tertiary alicyclic amines) is 1. The summed E-state index contributed by atoms with van der Waals surface area (Å²) in [6, 6.07) is 4.92. The third-order valence-corrected chi connectivity index (χ3v) is 4.39. The highest BCUT2D eigenvalue weighted by Crippen LogP contribution is 2.28. The summed E-state index contributed by atoms with van der Waals surface area (Å²) in [4.78, 5) is 37.9. The van der Waals surface area contributed by atoms with Crippen molar-refractivity contribution in [2.75, 3.05) is 17.7 Å². The molecule has 7 heteroatoms. The largest absolute Gasteiger partial charge is 0.495 e. The lowest BCUT2D eigenvalue weighted by molar-refractivity contribution is -0.147. The fourth-order valence-corrected chi connectivity index (χ4v) is 3.20. The highest BCUT2D eigenvalue weighted by molar-refractivity contribution is 6.39. The van der Waals surface area contributed by atoms with Crippen LogP contribution in [-0.4, -0.2) is 41.8 Å². The first-order chi connectivity index (χ1) is 11.8. The predicted molar refractivity (Wildman–Crippen MR) is 95.5 cm³/mol. The number of carbonyl (C=O) groups is 3. The lowest BCUT2D eigenvalue weighted by Crippen LogP contribution is -2.51. The highest BCUT2D eigenvalue weighted by Gasteiger charge is 2.33. The first-order valence-corrected chi connectivity index (χ1v) is 8.42. The van der Waals surface area contributed by atoms with Gasteiger partial charge in [0.1, 0.15) is 5.75 Å². The minimum Gasteiger partial charge on any atom is -0.495 e. The number of hydrogen-bond donors (Lipinski definition) is 2. The van der Waals surface area contributed by atoms with Gasteiger partial charge in [-0.25, -0.2) is 0 Å². The minimum absolute atomic E-state index is 0.0367. The van der Waals surface area contributed by atoms with Crippen LogP contribution in [0.4, 0.5) is 11.4 Å². The molecule has 0 radical (unpaired) electrons. The van der Waals surface area contributed by atoms with E-state index in [2.05, 4.69) is 10.6 Å². The van der Waals surface area contributed by atoms with Crippen molar-refractivity contribution in [1.82, 2.24) is 4.90 Å². The summed E-state index contributed by atoms with van der Waals surface area (Å²) < 4.78 is 5.22. The van der Waals surface area contributed by atoms with Crippen LogP contribution in [0.15, 0.2) is 18.2 Å². The Morgan fingerprint density at radius 3 is 2.32 bits per heavy atom. The summed E-state index contributed by atoms with van der Waals surface area (Å²) in [6.07, 6.45) is 2.84. The average molecular weight is 347 g/mol. The number of nitrogens with one attached hydrogen (secondary N) is 2. The van der Waals surface area contributed by atoms with Gasteiger partial charge in [0.2, 0.25) is 5.91 Å². The Balaban J connectivity index is 2.18.